The Bertz CT molecular complexity index is 413. The van der Waals surface area contributed by atoms with Crippen molar-refractivity contribution in [3.8, 4) is 0 Å². The van der Waals surface area contributed by atoms with Crippen LogP contribution in [0.5, 0.6) is 0 Å². The zero-order valence-corrected chi connectivity index (χ0v) is 11.0. The molecule has 106 valence electrons. The van der Waals surface area contributed by atoms with E-state index in [2.05, 4.69) is 5.32 Å². The van der Waals surface area contributed by atoms with Gasteiger partial charge in [-0.3, -0.25) is 0 Å². The zero-order chi connectivity index (χ0) is 13.9. The summed E-state index contributed by atoms with van der Waals surface area (Å²) >= 11 is 0. The molecule has 1 aliphatic carbocycles. The number of likely N-dealkylation sites (N-methyl/N-ethyl adjacent to an activating group) is 1. The Hall–Kier alpha value is -1.07. The Kier molecular flexibility index (Phi) is 4.47. The first-order valence-corrected chi connectivity index (χ1v) is 6.53. The summed E-state index contributed by atoms with van der Waals surface area (Å²) in [6.07, 6.45) is -1.77. The molecule has 1 N–H and O–H groups in total. The van der Waals surface area contributed by atoms with Gasteiger partial charge in [-0.2, -0.15) is 13.2 Å². The second-order valence-corrected chi connectivity index (χ2v) is 5.16. The Balaban J connectivity index is 1.83. The van der Waals surface area contributed by atoms with Crippen LogP contribution in [0.15, 0.2) is 24.3 Å². The summed E-state index contributed by atoms with van der Waals surface area (Å²) in [6.45, 7) is 2.27. The van der Waals surface area contributed by atoms with E-state index in [1.165, 1.54) is 25.0 Å². The van der Waals surface area contributed by atoms with E-state index in [4.69, 9.17) is 0 Å². The third-order valence-corrected chi connectivity index (χ3v) is 3.21. The predicted octanol–water partition coefficient (Wildman–Crippen LogP) is 2.89. The van der Waals surface area contributed by atoms with Crippen LogP contribution in [-0.2, 0) is 12.7 Å². The molecule has 5 heteroatoms. The summed E-state index contributed by atoms with van der Waals surface area (Å²) in [5.74, 6) is 0. The van der Waals surface area contributed by atoms with E-state index in [9.17, 15) is 13.2 Å². The molecule has 0 bridgehead atoms. The van der Waals surface area contributed by atoms with Gasteiger partial charge >= 0.3 is 6.18 Å². The normalized spacial score (nSPS) is 16.1. The van der Waals surface area contributed by atoms with Crippen molar-refractivity contribution in [3.63, 3.8) is 0 Å². The summed E-state index contributed by atoms with van der Waals surface area (Å²) in [6, 6.07) is 6.21. The molecule has 2 rings (SSSR count). The van der Waals surface area contributed by atoms with Crippen LogP contribution in [0.4, 0.5) is 13.2 Å². The van der Waals surface area contributed by atoms with Crippen LogP contribution in [0.2, 0.25) is 0 Å². The van der Waals surface area contributed by atoms with Gasteiger partial charge in [0.2, 0.25) is 0 Å². The second-order valence-electron chi connectivity index (χ2n) is 5.16. The molecule has 1 aromatic carbocycles. The quantitative estimate of drug-likeness (QED) is 0.856. The average Bonchev–Trinajstić information content (AvgIpc) is 3.12. The first-order chi connectivity index (χ1) is 8.95. The summed E-state index contributed by atoms with van der Waals surface area (Å²) < 4.78 is 37.7. The van der Waals surface area contributed by atoms with Crippen molar-refractivity contribution in [1.82, 2.24) is 10.2 Å². The molecule has 0 atom stereocenters. The third kappa shape index (κ3) is 4.84. The largest absolute Gasteiger partial charge is 0.416 e. The molecule has 0 heterocycles. The van der Waals surface area contributed by atoms with Gasteiger partial charge in [-0.05, 0) is 31.5 Å². The fourth-order valence-electron chi connectivity index (χ4n) is 1.98. The van der Waals surface area contributed by atoms with Crippen LogP contribution in [0, 0.1) is 0 Å². The second kappa shape index (κ2) is 5.92. The van der Waals surface area contributed by atoms with Gasteiger partial charge in [0.1, 0.15) is 0 Å². The van der Waals surface area contributed by atoms with E-state index in [1.54, 1.807) is 6.07 Å². The molecule has 2 nitrogen and oxygen atoms in total. The maximum atomic E-state index is 12.6. The van der Waals surface area contributed by atoms with Crippen molar-refractivity contribution in [3.05, 3.63) is 35.4 Å². The topological polar surface area (TPSA) is 15.3 Å². The van der Waals surface area contributed by atoms with Gasteiger partial charge < -0.3 is 10.2 Å². The molecule has 1 saturated carbocycles. The van der Waals surface area contributed by atoms with Crippen LogP contribution < -0.4 is 5.32 Å². The molecule has 0 saturated heterocycles. The van der Waals surface area contributed by atoms with Crippen LogP contribution in [-0.4, -0.2) is 31.1 Å². The molecule has 19 heavy (non-hydrogen) atoms. The number of hydrogen-bond donors (Lipinski definition) is 1. The number of rotatable bonds is 6. The zero-order valence-electron chi connectivity index (χ0n) is 11.0. The maximum absolute atomic E-state index is 12.6. The lowest BCUT2D eigenvalue weighted by molar-refractivity contribution is -0.137. The number of nitrogens with zero attached hydrogens (tertiary/aromatic N) is 1. The number of halogens is 3. The van der Waals surface area contributed by atoms with Gasteiger partial charge in [-0.1, -0.05) is 18.2 Å². The molecule has 0 radical (unpaired) electrons. The Morgan fingerprint density at radius 1 is 1.32 bits per heavy atom. The number of hydrogen-bond acceptors (Lipinski definition) is 2. The van der Waals surface area contributed by atoms with Gasteiger partial charge in [0.05, 0.1) is 5.56 Å². The van der Waals surface area contributed by atoms with E-state index in [0.717, 1.165) is 19.2 Å². The molecule has 1 fully saturated rings. The lowest BCUT2D eigenvalue weighted by Crippen LogP contribution is -2.30. The fraction of sp³-hybridized carbons (Fsp3) is 0.571. The minimum Gasteiger partial charge on any atom is -0.313 e. The average molecular weight is 272 g/mol. The highest BCUT2D eigenvalue weighted by Crippen LogP contribution is 2.29. The number of alkyl halides is 3. The van der Waals surface area contributed by atoms with Crippen molar-refractivity contribution in [2.75, 3.05) is 20.1 Å². The monoisotopic (exact) mass is 272 g/mol. The molecule has 1 aromatic rings. The highest BCUT2D eigenvalue weighted by molar-refractivity contribution is 5.25. The van der Waals surface area contributed by atoms with Crippen LogP contribution in [0.1, 0.15) is 24.0 Å². The standard InChI is InChI=1S/C14H19F3N2/c1-19(8-7-18-13-5-6-13)10-11-3-2-4-12(9-11)14(15,16)17/h2-4,9,13,18H,5-8,10H2,1H3. The van der Waals surface area contributed by atoms with Crippen LogP contribution in [0.25, 0.3) is 0 Å². The molecular formula is C14H19F3N2. The van der Waals surface area contributed by atoms with E-state index in [0.29, 0.717) is 18.2 Å². The number of nitrogens with one attached hydrogen (secondary N) is 1. The first kappa shape index (κ1) is 14.3. The van der Waals surface area contributed by atoms with E-state index >= 15 is 0 Å². The SMILES string of the molecule is CN(CCNC1CC1)Cc1cccc(C(F)(F)F)c1. The van der Waals surface area contributed by atoms with Gasteiger partial charge in [0, 0.05) is 25.7 Å². The smallest absolute Gasteiger partial charge is 0.313 e. The lowest BCUT2D eigenvalue weighted by Gasteiger charge is -2.17. The van der Waals surface area contributed by atoms with Crippen molar-refractivity contribution in [2.45, 2.75) is 31.6 Å². The van der Waals surface area contributed by atoms with Crippen molar-refractivity contribution in [2.24, 2.45) is 0 Å². The molecular weight excluding hydrogens is 253 g/mol. The summed E-state index contributed by atoms with van der Waals surface area (Å²) in [5, 5.41) is 3.39. The van der Waals surface area contributed by atoms with Gasteiger partial charge in [-0.25, -0.2) is 0 Å². The first-order valence-electron chi connectivity index (χ1n) is 6.53. The Labute approximate surface area is 111 Å². The Morgan fingerprint density at radius 3 is 2.68 bits per heavy atom. The minimum absolute atomic E-state index is 0.538. The van der Waals surface area contributed by atoms with Crippen LogP contribution >= 0.6 is 0 Å². The molecule has 1 aliphatic rings. The highest BCUT2D eigenvalue weighted by atomic mass is 19.4. The minimum atomic E-state index is -4.26. The Morgan fingerprint density at radius 2 is 2.05 bits per heavy atom. The van der Waals surface area contributed by atoms with Gasteiger partial charge in [0.15, 0.2) is 0 Å². The number of benzene rings is 1. The van der Waals surface area contributed by atoms with E-state index < -0.39 is 11.7 Å². The molecule has 0 amide bonds. The van der Waals surface area contributed by atoms with Crippen molar-refractivity contribution < 1.29 is 13.2 Å². The fourth-order valence-corrected chi connectivity index (χ4v) is 1.98. The third-order valence-electron chi connectivity index (χ3n) is 3.21. The van der Waals surface area contributed by atoms with E-state index in [1.807, 2.05) is 11.9 Å². The molecule has 0 aromatic heterocycles. The highest BCUT2D eigenvalue weighted by Gasteiger charge is 2.30. The van der Waals surface area contributed by atoms with Crippen molar-refractivity contribution >= 4 is 0 Å². The summed E-state index contributed by atoms with van der Waals surface area (Å²) in [4.78, 5) is 2.03. The van der Waals surface area contributed by atoms with Gasteiger partial charge in [-0.15, -0.1) is 0 Å². The maximum Gasteiger partial charge on any atom is 0.416 e. The van der Waals surface area contributed by atoms with Crippen LogP contribution in [0.3, 0.4) is 0 Å². The molecule has 0 unspecified atom stereocenters. The molecule has 0 aliphatic heterocycles. The summed E-state index contributed by atoms with van der Waals surface area (Å²) in [5.41, 5.74) is 0.123. The van der Waals surface area contributed by atoms with E-state index in [-0.39, 0.29) is 0 Å². The van der Waals surface area contributed by atoms with Gasteiger partial charge in [0.25, 0.3) is 0 Å². The molecule has 0 spiro atoms. The summed E-state index contributed by atoms with van der Waals surface area (Å²) in [7, 11) is 1.93. The lowest BCUT2D eigenvalue weighted by atomic mass is 10.1. The predicted molar refractivity (Wildman–Crippen MR) is 68.8 cm³/mol. The van der Waals surface area contributed by atoms with Crippen molar-refractivity contribution in [1.29, 1.82) is 0 Å².